The Bertz CT molecular complexity index is 1970. The highest BCUT2D eigenvalue weighted by atomic mass is 32.1. The maximum Gasteiger partial charge on any atom is 0.277 e. The van der Waals surface area contributed by atoms with Gasteiger partial charge in [-0.2, -0.15) is 0 Å². The molecule has 0 fully saturated rings. The molecular formula is C32H19NO2S. The Balaban J connectivity index is 1.45. The van der Waals surface area contributed by atoms with E-state index in [9.17, 15) is 10.1 Å². The van der Waals surface area contributed by atoms with E-state index in [1.165, 1.54) is 37.4 Å². The summed E-state index contributed by atoms with van der Waals surface area (Å²) in [7, 11) is 0. The number of benzene rings is 6. The molecular weight excluding hydrogens is 462 g/mol. The lowest BCUT2D eigenvalue weighted by molar-refractivity contribution is -0.384. The number of thiophene rings is 1. The highest BCUT2D eigenvalue weighted by Gasteiger charge is 2.20. The van der Waals surface area contributed by atoms with Gasteiger partial charge in [0.25, 0.3) is 5.69 Å². The lowest BCUT2D eigenvalue weighted by Crippen LogP contribution is -1.93. The van der Waals surface area contributed by atoms with Crippen molar-refractivity contribution < 1.29 is 4.92 Å². The van der Waals surface area contributed by atoms with E-state index in [2.05, 4.69) is 66.7 Å². The topological polar surface area (TPSA) is 43.1 Å². The van der Waals surface area contributed by atoms with Crippen LogP contribution in [0.3, 0.4) is 0 Å². The third-order valence-electron chi connectivity index (χ3n) is 6.95. The number of hydrogen-bond acceptors (Lipinski definition) is 3. The molecule has 0 amide bonds. The highest BCUT2D eigenvalue weighted by molar-refractivity contribution is 7.26. The molecule has 0 radical (unpaired) electrons. The Morgan fingerprint density at radius 2 is 1.31 bits per heavy atom. The lowest BCUT2D eigenvalue weighted by atomic mass is 9.95. The molecule has 0 unspecified atom stereocenters. The first-order chi connectivity index (χ1) is 17.7. The van der Waals surface area contributed by atoms with Crippen molar-refractivity contribution in [2.24, 2.45) is 0 Å². The summed E-state index contributed by atoms with van der Waals surface area (Å²) in [6.45, 7) is 0. The van der Waals surface area contributed by atoms with Crippen LogP contribution < -0.4 is 0 Å². The maximum atomic E-state index is 11.9. The van der Waals surface area contributed by atoms with Crippen molar-refractivity contribution in [2.75, 3.05) is 0 Å². The van der Waals surface area contributed by atoms with Crippen LogP contribution in [-0.4, -0.2) is 4.92 Å². The van der Waals surface area contributed by atoms with Gasteiger partial charge in [-0.3, -0.25) is 10.1 Å². The van der Waals surface area contributed by atoms with Crippen LogP contribution in [0.5, 0.6) is 0 Å². The average Bonchev–Trinajstić information content (AvgIpc) is 3.30. The number of rotatable bonds is 3. The van der Waals surface area contributed by atoms with E-state index in [-0.39, 0.29) is 10.6 Å². The van der Waals surface area contributed by atoms with Gasteiger partial charge < -0.3 is 0 Å². The predicted octanol–water partition coefficient (Wildman–Crippen LogP) is 9.60. The van der Waals surface area contributed by atoms with Gasteiger partial charge in [0.15, 0.2) is 0 Å². The largest absolute Gasteiger partial charge is 0.277 e. The van der Waals surface area contributed by atoms with Crippen molar-refractivity contribution in [1.82, 2.24) is 0 Å². The van der Waals surface area contributed by atoms with E-state index in [4.69, 9.17) is 0 Å². The SMILES string of the molecule is O=[N+]([O-])c1ccc2ccccc2c1-c1ccc2c(c1)sc1ccc3cc(-c4ccccc4)ccc3c12. The van der Waals surface area contributed by atoms with Gasteiger partial charge in [-0.05, 0) is 62.5 Å². The van der Waals surface area contributed by atoms with Gasteiger partial charge in [0.2, 0.25) is 0 Å². The number of hydrogen-bond donors (Lipinski definition) is 0. The Kier molecular flexibility index (Phi) is 4.63. The summed E-state index contributed by atoms with van der Waals surface area (Å²) < 4.78 is 2.35. The smallest absolute Gasteiger partial charge is 0.258 e. The number of nitrogens with zero attached hydrogens (tertiary/aromatic N) is 1. The lowest BCUT2D eigenvalue weighted by Gasteiger charge is -2.09. The molecule has 0 atom stereocenters. The molecule has 1 aromatic heterocycles. The van der Waals surface area contributed by atoms with Crippen LogP contribution in [-0.2, 0) is 0 Å². The van der Waals surface area contributed by atoms with Gasteiger partial charge in [0.1, 0.15) is 0 Å². The van der Waals surface area contributed by atoms with Crippen LogP contribution in [0.2, 0.25) is 0 Å². The predicted molar refractivity (Wildman–Crippen MR) is 152 cm³/mol. The minimum Gasteiger partial charge on any atom is -0.258 e. The van der Waals surface area contributed by atoms with Crippen molar-refractivity contribution in [2.45, 2.75) is 0 Å². The fraction of sp³-hybridized carbons (Fsp3) is 0. The minimum atomic E-state index is -0.283. The zero-order chi connectivity index (χ0) is 24.2. The zero-order valence-electron chi connectivity index (χ0n) is 19.1. The molecule has 170 valence electrons. The first-order valence-corrected chi connectivity index (χ1v) is 12.6. The molecule has 7 aromatic rings. The number of nitro benzene ring substituents is 1. The van der Waals surface area contributed by atoms with E-state index >= 15 is 0 Å². The molecule has 3 nitrogen and oxygen atoms in total. The summed E-state index contributed by atoms with van der Waals surface area (Å²) in [5.74, 6) is 0. The molecule has 0 saturated carbocycles. The molecule has 7 rings (SSSR count). The third-order valence-corrected chi connectivity index (χ3v) is 8.07. The Morgan fingerprint density at radius 3 is 2.17 bits per heavy atom. The van der Waals surface area contributed by atoms with Crippen LogP contribution >= 0.6 is 11.3 Å². The molecule has 0 aliphatic carbocycles. The molecule has 36 heavy (non-hydrogen) atoms. The normalized spacial score (nSPS) is 11.6. The van der Waals surface area contributed by atoms with E-state index in [0.29, 0.717) is 5.56 Å². The second-order valence-corrected chi connectivity index (χ2v) is 10.1. The molecule has 0 aliphatic rings. The van der Waals surface area contributed by atoms with E-state index < -0.39 is 0 Å². The molecule has 0 aliphatic heterocycles. The maximum absolute atomic E-state index is 11.9. The molecule has 0 saturated heterocycles. The molecule has 4 heteroatoms. The van der Waals surface area contributed by atoms with Gasteiger partial charge in [-0.15, -0.1) is 11.3 Å². The fourth-order valence-electron chi connectivity index (χ4n) is 5.29. The van der Waals surface area contributed by atoms with Crippen molar-refractivity contribution in [3.05, 3.63) is 125 Å². The molecule has 0 spiro atoms. The van der Waals surface area contributed by atoms with Crippen molar-refractivity contribution in [3.63, 3.8) is 0 Å². The number of fused-ring (bicyclic) bond motifs is 6. The van der Waals surface area contributed by atoms with Crippen LogP contribution in [0.1, 0.15) is 0 Å². The summed E-state index contributed by atoms with van der Waals surface area (Å²) in [6, 6.07) is 39.0. The second-order valence-electron chi connectivity index (χ2n) is 8.99. The van der Waals surface area contributed by atoms with E-state index in [1.54, 1.807) is 17.4 Å². The van der Waals surface area contributed by atoms with Gasteiger partial charge in [-0.1, -0.05) is 84.9 Å². The summed E-state index contributed by atoms with van der Waals surface area (Å²) in [4.78, 5) is 11.6. The first-order valence-electron chi connectivity index (χ1n) is 11.8. The van der Waals surface area contributed by atoms with E-state index in [0.717, 1.165) is 21.0 Å². The third kappa shape index (κ3) is 3.19. The zero-order valence-corrected chi connectivity index (χ0v) is 20.0. The van der Waals surface area contributed by atoms with Crippen LogP contribution in [0.25, 0.3) is 64.0 Å². The Morgan fingerprint density at radius 1 is 0.556 bits per heavy atom. The van der Waals surface area contributed by atoms with Crippen LogP contribution in [0.4, 0.5) is 5.69 Å². The highest BCUT2D eigenvalue weighted by Crippen LogP contribution is 2.43. The Hall–Kier alpha value is -4.54. The van der Waals surface area contributed by atoms with Gasteiger partial charge in [0.05, 0.1) is 10.5 Å². The van der Waals surface area contributed by atoms with Crippen molar-refractivity contribution in [1.29, 1.82) is 0 Å². The first kappa shape index (κ1) is 20.8. The van der Waals surface area contributed by atoms with Crippen LogP contribution in [0.15, 0.2) is 115 Å². The van der Waals surface area contributed by atoms with Gasteiger partial charge >= 0.3 is 0 Å². The fourth-order valence-corrected chi connectivity index (χ4v) is 6.45. The van der Waals surface area contributed by atoms with Crippen molar-refractivity contribution >= 4 is 58.7 Å². The summed E-state index contributed by atoms with van der Waals surface area (Å²) in [5.41, 5.74) is 4.08. The number of nitro groups is 1. The quantitative estimate of drug-likeness (QED) is 0.186. The van der Waals surface area contributed by atoms with Gasteiger partial charge in [-0.25, -0.2) is 0 Å². The minimum absolute atomic E-state index is 0.132. The van der Waals surface area contributed by atoms with Gasteiger partial charge in [0, 0.05) is 26.2 Å². The molecule has 0 bridgehead atoms. The standard InChI is InChI=1S/C32H19NO2S/c34-33(35)28-16-12-21-8-4-5-9-25(21)31(28)24-11-15-27-30(19-24)36-29-17-13-23-18-22(10-14-26(23)32(27)29)20-6-2-1-3-7-20/h1-19H. The molecule has 6 aromatic carbocycles. The summed E-state index contributed by atoms with van der Waals surface area (Å²) in [5, 5.41) is 18.7. The summed E-state index contributed by atoms with van der Waals surface area (Å²) >= 11 is 1.74. The molecule has 0 N–H and O–H groups in total. The summed E-state index contributed by atoms with van der Waals surface area (Å²) in [6.07, 6.45) is 0. The van der Waals surface area contributed by atoms with E-state index in [1.807, 2.05) is 42.5 Å². The monoisotopic (exact) mass is 481 g/mol. The molecule has 1 heterocycles. The average molecular weight is 482 g/mol. The van der Waals surface area contributed by atoms with Crippen LogP contribution in [0, 0.1) is 10.1 Å². The van der Waals surface area contributed by atoms with Crippen molar-refractivity contribution in [3.8, 4) is 22.3 Å². The second kappa shape index (κ2) is 8.01. The Labute approximate surface area is 211 Å².